The van der Waals surface area contributed by atoms with Crippen molar-refractivity contribution in [2.45, 2.75) is 5.60 Å². The normalized spacial score (nSPS) is 17.0. The van der Waals surface area contributed by atoms with E-state index in [1.807, 2.05) is 4.90 Å². The Morgan fingerprint density at radius 1 is 1.32 bits per heavy atom. The molecule has 1 aliphatic rings. The van der Waals surface area contributed by atoms with Gasteiger partial charge in [-0.25, -0.2) is 0 Å². The molecule has 0 atom stereocenters. The second kappa shape index (κ2) is 4.62. The van der Waals surface area contributed by atoms with Gasteiger partial charge in [-0.2, -0.15) is 10.1 Å². The quantitative estimate of drug-likeness (QED) is 0.777. The molecule has 0 bridgehead atoms. The van der Waals surface area contributed by atoms with E-state index in [0.717, 1.165) is 5.69 Å². The molecule has 0 unspecified atom stereocenters. The van der Waals surface area contributed by atoms with Crippen molar-refractivity contribution in [2.75, 3.05) is 18.0 Å². The van der Waals surface area contributed by atoms with Crippen LogP contribution in [-0.4, -0.2) is 33.0 Å². The largest absolute Gasteiger partial charge is 0.422 e. The number of aryl methyl sites for hydroxylation is 1. The number of fused-ring (bicyclic) bond motifs is 1. The average Bonchev–Trinajstić information content (AvgIpc) is 3.01. The molecule has 114 valence electrons. The number of aliphatic hydroxyl groups is 1. The number of rotatable bonds is 2. The van der Waals surface area contributed by atoms with E-state index in [1.165, 1.54) is 0 Å². The van der Waals surface area contributed by atoms with Crippen molar-refractivity contribution in [1.82, 2.24) is 14.8 Å². The molecule has 0 aliphatic carbocycles. The molecule has 0 radical (unpaired) electrons. The molecule has 1 saturated heterocycles. The highest BCUT2D eigenvalue weighted by molar-refractivity contribution is 6.38. The van der Waals surface area contributed by atoms with Crippen LogP contribution in [0.4, 0.5) is 6.01 Å². The molecular formula is C14H12Cl2N4O2. The van der Waals surface area contributed by atoms with E-state index in [9.17, 15) is 5.11 Å². The standard InChI is InChI=1S/C14H12Cl2N4O2/c1-19-11(2-3-17-19)14(21)6-20(7-14)13-18-10-5-8(15)4-9(16)12(10)22-13/h2-5,21H,6-7H2,1H3. The van der Waals surface area contributed by atoms with E-state index in [1.54, 1.807) is 36.1 Å². The number of hydrogen-bond donors (Lipinski definition) is 1. The van der Waals surface area contributed by atoms with Gasteiger partial charge in [0.15, 0.2) is 5.58 Å². The first kappa shape index (κ1) is 13.9. The molecule has 0 amide bonds. The molecule has 2 aromatic heterocycles. The summed E-state index contributed by atoms with van der Waals surface area (Å²) in [7, 11) is 1.80. The average molecular weight is 339 g/mol. The highest BCUT2D eigenvalue weighted by Gasteiger charge is 2.46. The highest BCUT2D eigenvalue weighted by atomic mass is 35.5. The number of anilines is 1. The summed E-state index contributed by atoms with van der Waals surface area (Å²) >= 11 is 12.1. The lowest BCUT2D eigenvalue weighted by molar-refractivity contribution is -0.00274. The van der Waals surface area contributed by atoms with Crippen LogP contribution in [0.5, 0.6) is 0 Å². The van der Waals surface area contributed by atoms with Gasteiger partial charge in [0.25, 0.3) is 6.01 Å². The molecule has 1 aromatic carbocycles. The lowest BCUT2D eigenvalue weighted by Crippen LogP contribution is -2.60. The molecule has 8 heteroatoms. The number of aromatic nitrogens is 3. The molecule has 0 spiro atoms. The fourth-order valence-electron chi connectivity index (χ4n) is 2.80. The maximum atomic E-state index is 10.6. The fourth-order valence-corrected chi connectivity index (χ4v) is 3.32. The van der Waals surface area contributed by atoms with Gasteiger partial charge < -0.3 is 14.4 Å². The topological polar surface area (TPSA) is 67.3 Å². The molecule has 0 saturated carbocycles. The summed E-state index contributed by atoms with van der Waals surface area (Å²) in [6, 6.07) is 5.54. The Morgan fingerprint density at radius 2 is 2.09 bits per heavy atom. The van der Waals surface area contributed by atoms with Gasteiger partial charge in [0, 0.05) is 18.3 Å². The number of oxazole rings is 1. The van der Waals surface area contributed by atoms with E-state index >= 15 is 0 Å². The molecule has 3 aromatic rings. The van der Waals surface area contributed by atoms with E-state index < -0.39 is 5.60 Å². The molecule has 3 heterocycles. The summed E-state index contributed by atoms with van der Waals surface area (Å²) in [5.41, 5.74) is 0.911. The summed E-state index contributed by atoms with van der Waals surface area (Å²) in [6.07, 6.45) is 1.66. The van der Waals surface area contributed by atoms with E-state index in [2.05, 4.69) is 10.1 Å². The maximum absolute atomic E-state index is 10.6. The molecule has 1 N–H and O–H groups in total. The van der Waals surface area contributed by atoms with E-state index in [0.29, 0.717) is 40.2 Å². The van der Waals surface area contributed by atoms with Crippen molar-refractivity contribution in [3.63, 3.8) is 0 Å². The molecular weight excluding hydrogens is 327 g/mol. The minimum Gasteiger partial charge on any atom is -0.422 e. The first-order chi connectivity index (χ1) is 10.5. The lowest BCUT2D eigenvalue weighted by atomic mass is 9.91. The molecule has 1 fully saturated rings. The summed E-state index contributed by atoms with van der Waals surface area (Å²) in [6.45, 7) is 0.759. The van der Waals surface area contributed by atoms with Crippen LogP contribution < -0.4 is 4.90 Å². The first-order valence-corrected chi connectivity index (χ1v) is 7.43. The van der Waals surface area contributed by atoms with Crippen molar-refractivity contribution in [3.8, 4) is 0 Å². The number of nitrogens with zero attached hydrogens (tertiary/aromatic N) is 4. The van der Waals surface area contributed by atoms with Gasteiger partial charge >= 0.3 is 0 Å². The number of hydrogen-bond acceptors (Lipinski definition) is 5. The van der Waals surface area contributed by atoms with Crippen LogP contribution in [-0.2, 0) is 12.6 Å². The zero-order valence-electron chi connectivity index (χ0n) is 11.6. The van der Waals surface area contributed by atoms with Crippen molar-refractivity contribution < 1.29 is 9.52 Å². The van der Waals surface area contributed by atoms with Gasteiger partial charge in [0.05, 0.1) is 23.8 Å². The van der Waals surface area contributed by atoms with Gasteiger partial charge in [-0.15, -0.1) is 0 Å². The Morgan fingerprint density at radius 3 is 2.77 bits per heavy atom. The van der Waals surface area contributed by atoms with Crippen molar-refractivity contribution in [2.24, 2.45) is 7.05 Å². The van der Waals surface area contributed by atoms with Crippen LogP contribution in [0.15, 0.2) is 28.8 Å². The Balaban J connectivity index is 1.63. The third-order valence-corrected chi connectivity index (χ3v) is 4.37. The third kappa shape index (κ3) is 1.99. The van der Waals surface area contributed by atoms with Gasteiger partial charge in [-0.3, -0.25) is 4.68 Å². The highest BCUT2D eigenvalue weighted by Crippen LogP contribution is 2.37. The Kier molecular flexibility index (Phi) is 2.91. The van der Waals surface area contributed by atoms with Gasteiger partial charge in [-0.1, -0.05) is 23.2 Å². The molecule has 22 heavy (non-hydrogen) atoms. The van der Waals surface area contributed by atoms with Gasteiger partial charge in [-0.05, 0) is 18.2 Å². The Labute approximate surface area is 135 Å². The first-order valence-electron chi connectivity index (χ1n) is 6.68. The summed E-state index contributed by atoms with van der Waals surface area (Å²) in [4.78, 5) is 6.23. The van der Waals surface area contributed by atoms with Crippen LogP contribution in [0, 0.1) is 0 Å². The Hall–Kier alpha value is -1.76. The monoisotopic (exact) mass is 338 g/mol. The zero-order valence-corrected chi connectivity index (χ0v) is 13.1. The predicted octanol–water partition coefficient (Wildman–Crippen LogP) is 2.58. The maximum Gasteiger partial charge on any atom is 0.298 e. The lowest BCUT2D eigenvalue weighted by Gasteiger charge is -2.45. The second-order valence-electron chi connectivity index (χ2n) is 5.46. The van der Waals surface area contributed by atoms with E-state index in [-0.39, 0.29) is 0 Å². The minimum atomic E-state index is -0.951. The fraction of sp³-hybridized carbons (Fsp3) is 0.286. The number of β-amino-alcohol motifs (C(OH)–C–C–N with tert-alkyl or cyclic N) is 1. The van der Waals surface area contributed by atoms with Crippen molar-refractivity contribution in [1.29, 1.82) is 0 Å². The summed E-state index contributed by atoms with van der Waals surface area (Å²) < 4.78 is 7.36. The summed E-state index contributed by atoms with van der Waals surface area (Å²) in [5.74, 6) is 0. The Bertz CT molecular complexity index is 867. The third-order valence-electron chi connectivity index (χ3n) is 3.87. The molecule has 6 nitrogen and oxygen atoms in total. The minimum absolute atomic E-state index is 0.380. The predicted molar refractivity (Wildman–Crippen MR) is 83.3 cm³/mol. The molecule has 4 rings (SSSR count). The SMILES string of the molecule is Cn1nccc1C1(O)CN(c2nc3cc(Cl)cc(Cl)c3o2)C1. The van der Waals surface area contributed by atoms with E-state index in [4.69, 9.17) is 27.6 Å². The smallest absolute Gasteiger partial charge is 0.298 e. The van der Waals surface area contributed by atoms with Crippen LogP contribution in [0.1, 0.15) is 5.69 Å². The van der Waals surface area contributed by atoms with Crippen LogP contribution in [0.25, 0.3) is 11.1 Å². The van der Waals surface area contributed by atoms with Crippen molar-refractivity contribution in [3.05, 3.63) is 40.1 Å². The van der Waals surface area contributed by atoms with Crippen LogP contribution in [0.3, 0.4) is 0 Å². The second-order valence-corrected chi connectivity index (χ2v) is 6.30. The van der Waals surface area contributed by atoms with Crippen LogP contribution >= 0.6 is 23.2 Å². The van der Waals surface area contributed by atoms with Gasteiger partial charge in [0.2, 0.25) is 0 Å². The number of benzene rings is 1. The number of halogens is 2. The van der Waals surface area contributed by atoms with Crippen LogP contribution in [0.2, 0.25) is 10.0 Å². The zero-order chi connectivity index (χ0) is 15.5. The van der Waals surface area contributed by atoms with Gasteiger partial charge in [0.1, 0.15) is 11.1 Å². The summed E-state index contributed by atoms with van der Waals surface area (Å²) in [5, 5.41) is 15.6. The van der Waals surface area contributed by atoms with Crippen molar-refractivity contribution >= 4 is 40.3 Å². The molecule has 1 aliphatic heterocycles.